The molecule has 1 fully saturated rings. The maximum atomic E-state index is 5.88. The van der Waals surface area contributed by atoms with E-state index in [4.69, 9.17) is 16.7 Å². The van der Waals surface area contributed by atoms with Crippen LogP contribution in [0, 0.1) is 12.3 Å². The fourth-order valence-electron chi connectivity index (χ4n) is 2.30. The number of nitrogens with zero attached hydrogens (tertiary/aromatic N) is 4. The van der Waals surface area contributed by atoms with Crippen molar-refractivity contribution < 1.29 is 4.52 Å². The highest BCUT2D eigenvalue weighted by molar-refractivity contribution is 5.02. The van der Waals surface area contributed by atoms with Crippen LogP contribution in [0.15, 0.2) is 4.52 Å². The van der Waals surface area contributed by atoms with Crippen LogP contribution in [0.5, 0.6) is 0 Å². The fraction of sp³-hybridized carbons (Fsp3) is 0.692. The van der Waals surface area contributed by atoms with E-state index in [-0.39, 0.29) is 12.1 Å². The standard InChI is InChI=1S/C13H21N5O/c1-4-6-10(14)13-15-12(16-19-13)11-9-17(2)7-5-8-18(11)3/h1,10-11H,5-9,14H2,2-3H3. The minimum Gasteiger partial charge on any atom is -0.338 e. The Morgan fingerprint density at radius 3 is 3.05 bits per heavy atom. The summed E-state index contributed by atoms with van der Waals surface area (Å²) < 4.78 is 5.23. The van der Waals surface area contributed by atoms with E-state index in [1.165, 1.54) is 0 Å². The minimum atomic E-state index is -0.375. The topological polar surface area (TPSA) is 71.4 Å². The third-order valence-corrected chi connectivity index (χ3v) is 3.48. The molecule has 1 aliphatic heterocycles. The zero-order chi connectivity index (χ0) is 13.8. The van der Waals surface area contributed by atoms with Crippen LogP contribution >= 0.6 is 0 Å². The van der Waals surface area contributed by atoms with Gasteiger partial charge in [0.05, 0.1) is 12.1 Å². The molecule has 0 amide bonds. The highest BCUT2D eigenvalue weighted by atomic mass is 16.5. The number of terminal acetylenes is 1. The van der Waals surface area contributed by atoms with Crippen LogP contribution in [0.3, 0.4) is 0 Å². The molecule has 1 aliphatic rings. The van der Waals surface area contributed by atoms with Gasteiger partial charge in [0.1, 0.15) is 0 Å². The van der Waals surface area contributed by atoms with Crippen molar-refractivity contribution in [2.24, 2.45) is 5.73 Å². The van der Waals surface area contributed by atoms with Crippen LogP contribution in [0.25, 0.3) is 0 Å². The molecule has 19 heavy (non-hydrogen) atoms. The lowest BCUT2D eigenvalue weighted by molar-refractivity contribution is 0.214. The molecule has 2 heterocycles. The average molecular weight is 263 g/mol. The SMILES string of the molecule is C#CCC(N)c1nc(C2CN(C)CCCN2C)no1. The van der Waals surface area contributed by atoms with E-state index < -0.39 is 0 Å². The van der Waals surface area contributed by atoms with Crippen molar-refractivity contribution in [3.63, 3.8) is 0 Å². The molecule has 2 rings (SSSR count). The van der Waals surface area contributed by atoms with Crippen molar-refractivity contribution in [3.8, 4) is 12.3 Å². The Bertz CT molecular complexity index is 452. The second-order valence-corrected chi connectivity index (χ2v) is 5.12. The molecule has 0 spiro atoms. The smallest absolute Gasteiger partial charge is 0.244 e. The Morgan fingerprint density at radius 1 is 1.53 bits per heavy atom. The van der Waals surface area contributed by atoms with Crippen molar-refractivity contribution in [1.82, 2.24) is 19.9 Å². The van der Waals surface area contributed by atoms with Gasteiger partial charge < -0.3 is 15.2 Å². The predicted octanol–water partition coefficient (Wildman–Crippen LogP) is 0.401. The molecule has 0 aliphatic carbocycles. The number of hydrogen-bond donors (Lipinski definition) is 1. The molecule has 0 radical (unpaired) electrons. The summed E-state index contributed by atoms with van der Waals surface area (Å²) in [5, 5.41) is 4.07. The van der Waals surface area contributed by atoms with Crippen LogP contribution in [-0.2, 0) is 0 Å². The Morgan fingerprint density at radius 2 is 2.32 bits per heavy atom. The zero-order valence-corrected chi connectivity index (χ0v) is 11.5. The molecule has 0 bridgehead atoms. The molecule has 1 aromatic heterocycles. The van der Waals surface area contributed by atoms with Gasteiger partial charge in [-0.15, -0.1) is 12.3 Å². The van der Waals surface area contributed by atoms with Crippen molar-refractivity contribution >= 4 is 0 Å². The van der Waals surface area contributed by atoms with E-state index in [9.17, 15) is 0 Å². The largest absolute Gasteiger partial charge is 0.338 e. The maximum Gasteiger partial charge on any atom is 0.244 e. The fourth-order valence-corrected chi connectivity index (χ4v) is 2.30. The van der Waals surface area contributed by atoms with E-state index in [1.54, 1.807) is 0 Å². The minimum absolute atomic E-state index is 0.142. The number of hydrogen-bond acceptors (Lipinski definition) is 6. The number of likely N-dealkylation sites (N-methyl/N-ethyl adjacent to an activating group) is 2. The lowest BCUT2D eigenvalue weighted by Crippen LogP contribution is -2.31. The van der Waals surface area contributed by atoms with Gasteiger partial charge in [0.15, 0.2) is 5.82 Å². The lowest BCUT2D eigenvalue weighted by atomic mass is 10.2. The summed E-state index contributed by atoms with van der Waals surface area (Å²) in [7, 11) is 4.19. The summed E-state index contributed by atoms with van der Waals surface area (Å²) in [5.74, 6) is 3.63. The summed E-state index contributed by atoms with van der Waals surface area (Å²) in [6.07, 6.45) is 6.79. The monoisotopic (exact) mass is 263 g/mol. The van der Waals surface area contributed by atoms with Gasteiger partial charge in [-0.25, -0.2) is 0 Å². The van der Waals surface area contributed by atoms with Crippen molar-refractivity contribution in [3.05, 3.63) is 11.7 Å². The average Bonchev–Trinajstić information content (AvgIpc) is 2.79. The van der Waals surface area contributed by atoms with E-state index >= 15 is 0 Å². The molecule has 2 atom stereocenters. The molecular weight excluding hydrogens is 242 g/mol. The van der Waals surface area contributed by atoms with Crippen molar-refractivity contribution in [2.75, 3.05) is 33.7 Å². The van der Waals surface area contributed by atoms with Gasteiger partial charge >= 0.3 is 0 Å². The van der Waals surface area contributed by atoms with E-state index in [1.807, 2.05) is 0 Å². The summed E-state index contributed by atoms with van der Waals surface area (Å²) >= 11 is 0. The predicted molar refractivity (Wildman–Crippen MR) is 72.2 cm³/mol. The zero-order valence-electron chi connectivity index (χ0n) is 11.5. The molecule has 104 valence electrons. The third-order valence-electron chi connectivity index (χ3n) is 3.48. The van der Waals surface area contributed by atoms with Crippen molar-refractivity contribution in [2.45, 2.75) is 24.9 Å². The van der Waals surface area contributed by atoms with E-state index in [0.717, 1.165) is 26.1 Å². The lowest BCUT2D eigenvalue weighted by Gasteiger charge is -2.24. The second kappa shape index (κ2) is 6.15. The summed E-state index contributed by atoms with van der Waals surface area (Å²) in [6.45, 7) is 3.00. The molecule has 1 aromatic rings. The molecule has 0 saturated carbocycles. The first-order valence-electron chi connectivity index (χ1n) is 6.53. The van der Waals surface area contributed by atoms with Gasteiger partial charge in [0.2, 0.25) is 5.89 Å². The van der Waals surface area contributed by atoms with Crippen LogP contribution in [-0.4, -0.2) is 53.7 Å². The van der Waals surface area contributed by atoms with Crippen LogP contribution in [0.2, 0.25) is 0 Å². The van der Waals surface area contributed by atoms with E-state index in [0.29, 0.717) is 18.1 Å². The van der Waals surface area contributed by atoms with Crippen LogP contribution in [0.4, 0.5) is 0 Å². The summed E-state index contributed by atoms with van der Waals surface area (Å²) in [5.41, 5.74) is 5.88. The van der Waals surface area contributed by atoms with Crippen molar-refractivity contribution in [1.29, 1.82) is 0 Å². The maximum absolute atomic E-state index is 5.88. The molecule has 0 aromatic carbocycles. The normalized spacial score (nSPS) is 23.8. The Labute approximate surface area is 113 Å². The third kappa shape index (κ3) is 3.32. The van der Waals surface area contributed by atoms with Gasteiger partial charge in [-0.3, -0.25) is 4.90 Å². The van der Waals surface area contributed by atoms with Gasteiger partial charge in [-0.1, -0.05) is 5.16 Å². The van der Waals surface area contributed by atoms with Crippen LogP contribution in [0.1, 0.15) is 36.6 Å². The van der Waals surface area contributed by atoms with Crippen LogP contribution < -0.4 is 5.73 Å². The van der Waals surface area contributed by atoms with Gasteiger partial charge in [0.25, 0.3) is 0 Å². The molecule has 6 nitrogen and oxygen atoms in total. The van der Waals surface area contributed by atoms with Gasteiger partial charge in [0, 0.05) is 13.0 Å². The molecule has 6 heteroatoms. The molecular formula is C13H21N5O. The first-order chi connectivity index (χ1) is 9.11. The summed E-state index contributed by atoms with van der Waals surface area (Å²) in [6, 6.07) is -0.233. The van der Waals surface area contributed by atoms with Gasteiger partial charge in [-0.2, -0.15) is 4.98 Å². The Kier molecular flexibility index (Phi) is 4.53. The second-order valence-electron chi connectivity index (χ2n) is 5.12. The highest BCUT2D eigenvalue weighted by Gasteiger charge is 2.27. The summed E-state index contributed by atoms with van der Waals surface area (Å²) in [4.78, 5) is 8.95. The number of rotatable bonds is 3. The molecule has 1 saturated heterocycles. The Balaban J connectivity index is 2.14. The number of nitrogens with two attached hydrogens (primary N) is 1. The molecule has 2 unspecified atom stereocenters. The highest BCUT2D eigenvalue weighted by Crippen LogP contribution is 2.22. The first-order valence-corrected chi connectivity index (χ1v) is 6.53. The molecule has 2 N–H and O–H groups in total. The quantitative estimate of drug-likeness (QED) is 0.796. The van der Waals surface area contributed by atoms with Gasteiger partial charge in [-0.05, 0) is 33.6 Å². The van der Waals surface area contributed by atoms with E-state index in [2.05, 4.69) is 40.0 Å². The Hall–Kier alpha value is -1.42. The number of aromatic nitrogens is 2. The first kappa shape index (κ1) is 14.0.